The van der Waals surface area contributed by atoms with Gasteiger partial charge in [-0.3, -0.25) is 4.72 Å². The molecule has 0 spiro atoms. The van der Waals surface area contributed by atoms with Crippen molar-refractivity contribution < 1.29 is 8.42 Å². The fourth-order valence-electron chi connectivity index (χ4n) is 1.07. The lowest BCUT2D eigenvalue weighted by atomic mass is 10.3. The molecule has 1 N–H and O–H groups in total. The SMILES string of the molecule is Cc1cc2c(nn1)C=CNS2(=O)=O. The van der Waals surface area contributed by atoms with Gasteiger partial charge in [0.15, 0.2) is 0 Å². The molecule has 68 valence electrons. The van der Waals surface area contributed by atoms with Gasteiger partial charge < -0.3 is 0 Å². The lowest BCUT2D eigenvalue weighted by Crippen LogP contribution is -2.22. The van der Waals surface area contributed by atoms with Crippen molar-refractivity contribution in [3.63, 3.8) is 0 Å². The molecule has 1 aliphatic rings. The summed E-state index contributed by atoms with van der Waals surface area (Å²) in [6, 6.07) is 1.49. The van der Waals surface area contributed by atoms with Crippen LogP contribution in [0.2, 0.25) is 0 Å². The molecule has 5 nitrogen and oxygen atoms in total. The third kappa shape index (κ3) is 1.29. The average Bonchev–Trinajstić information content (AvgIpc) is 2.06. The molecule has 0 bridgehead atoms. The van der Waals surface area contributed by atoms with Gasteiger partial charge in [-0.25, -0.2) is 8.42 Å². The minimum atomic E-state index is -3.40. The summed E-state index contributed by atoms with van der Waals surface area (Å²) in [5, 5.41) is 7.52. The Bertz CT molecular complexity index is 479. The van der Waals surface area contributed by atoms with Crippen molar-refractivity contribution in [1.82, 2.24) is 14.9 Å². The maximum atomic E-state index is 11.4. The zero-order chi connectivity index (χ0) is 9.47. The quantitative estimate of drug-likeness (QED) is 0.637. The summed E-state index contributed by atoms with van der Waals surface area (Å²) in [6.07, 6.45) is 2.91. The number of aromatic nitrogens is 2. The second-order valence-corrected chi connectivity index (χ2v) is 4.37. The minimum absolute atomic E-state index is 0.183. The second-order valence-electron chi connectivity index (χ2n) is 2.69. The fraction of sp³-hybridized carbons (Fsp3) is 0.143. The second kappa shape index (κ2) is 2.53. The largest absolute Gasteiger partial charge is 0.286 e. The van der Waals surface area contributed by atoms with E-state index in [4.69, 9.17) is 0 Å². The van der Waals surface area contributed by atoms with E-state index in [1.807, 2.05) is 0 Å². The highest BCUT2D eigenvalue weighted by molar-refractivity contribution is 7.89. The van der Waals surface area contributed by atoms with Crippen LogP contribution in [0, 0.1) is 6.92 Å². The zero-order valence-electron chi connectivity index (χ0n) is 6.85. The van der Waals surface area contributed by atoms with Gasteiger partial charge in [-0.2, -0.15) is 5.10 Å². The van der Waals surface area contributed by atoms with E-state index >= 15 is 0 Å². The number of hydrogen-bond donors (Lipinski definition) is 1. The van der Waals surface area contributed by atoms with Gasteiger partial charge >= 0.3 is 0 Å². The Hall–Kier alpha value is -1.43. The van der Waals surface area contributed by atoms with E-state index in [1.54, 1.807) is 13.0 Å². The minimum Gasteiger partial charge on any atom is -0.286 e. The molecule has 1 aromatic heterocycles. The molecule has 1 aliphatic heterocycles. The standard InChI is InChI=1S/C7H7N3O2S/c1-5-4-7-6(10-9-5)2-3-8-13(7,11)12/h2-4,8H,1H3. The molecular weight excluding hydrogens is 190 g/mol. The number of sulfonamides is 1. The van der Waals surface area contributed by atoms with E-state index in [2.05, 4.69) is 14.9 Å². The van der Waals surface area contributed by atoms with E-state index in [9.17, 15) is 8.42 Å². The highest BCUT2D eigenvalue weighted by Gasteiger charge is 2.20. The maximum Gasteiger partial charge on any atom is 0.263 e. The third-order valence-electron chi connectivity index (χ3n) is 1.66. The Morgan fingerprint density at radius 2 is 2.15 bits per heavy atom. The van der Waals surface area contributed by atoms with Crippen molar-refractivity contribution in [2.45, 2.75) is 11.8 Å². The molecule has 1 aromatic rings. The summed E-state index contributed by atoms with van der Waals surface area (Å²) in [7, 11) is -3.40. The van der Waals surface area contributed by atoms with Gasteiger partial charge in [0.05, 0.1) is 5.69 Å². The van der Waals surface area contributed by atoms with E-state index in [1.165, 1.54) is 12.3 Å². The lowest BCUT2D eigenvalue weighted by Gasteiger charge is -2.10. The number of nitrogens with one attached hydrogen (secondary N) is 1. The van der Waals surface area contributed by atoms with Crippen LogP contribution < -0.4 is 4.72 Å². The van der Waals surface area contributed by atoms with Crippen LogP contribution in [-0.2, 0) is 10.0 Å². The molecule has 0 aliphatic carbocycles. The molecule has 0 atom stereocenters. The summed E-state index contributed by atoms with van der Waals surface area (Å²) in [5.74, 6) is 0. The van der Waals surface area contributed by atoms with Crippen molar-refractivity contribution in [3.8, 4) is 0 Å². The normalized spacial score (nSPS) is 17.6. The zero-order valence-corrected chi connectivity index (χ0v) is 7.67. The summed E-state index contributed by atoms with van der Waals surface area (Å²) >= 11 is 0. The molecule has 0 radical (unpaired) electrons. The third-order valence-corrected chi connectivity index (χ3v) is 3.01. The molecule has 6 heteroatoms. The molecule has 2 rings (SSSR count). The molecule has 0 fully saturated rings. The molecule has 0 aromatic carbocycles. The van der Waals surface area contributed by atoms with Crippen LogP contribution >= 0.6 is 0 Å². The van der Waals surface area contributed by atoms with Gasteiger partial charge in [-0.15, -0.1) is 5.10 Å². The monoisotopic (exact) mass is 197 g/mol. The first kappa shape index (κ1) is 8.18. The number of hydrogen-bond acceptors (Lipinski definition) is 4. The lowest BCUT2D eigenvalue weighted by molar-refractivity contribution is 0.588. The number of aryl methyl sites for hydroxylation is 1. The van der Waals surface area contributed by atoms with Crippen molar-refractivity contribution >= 4 is 16.1 Å². The van der Waals surface area contributed by atoms with Gasteiger partial charge in [-0.05, 0) is 19.1 Å². The molecule has 0 unspecified atom stereocenters. The Balaban J connectivity index is 2.77. The molecular formula is C7H7N3O2S. The topological polar surface area (TPSA) is 72.0 Å². The molecule has 0 saturated carbocycles. The van der Waals surface area contributed by atoms with Gasteiger partial charge in [0.25, 0.3) is 10.0 Å². The molecule has 2 heterocycles. The summed E-state index contributed by atoms with van der Waals surface area (Å²) in [6.45, 7) is 1.70. The van der Waals surface area contributed by atoms with Gasteiger partial charge in [0, 0.05) is 6.20 Å². The Morgan fingerprint density at radius 3 is 2.92 bits per heavy atom. The van der Waals surface area contributed by atoms with Gasteiger partial charge in [0.1, 0.15) is 10.6 Å². The predicted molar refractivity (Wildman–Crippen MR) is 46.1 cm³/mol. The van der Waals surface area contributed by atoms with Crippen LogP contribution in [0.25, 0.3) is 6.08 Å². The first-order valence-electron chi connectivity index (χ1n) is 3.63. The van der Waals surface area contributed by atoms with E-state index in [-0.39, 0.29) is 4.90 Å². The Labute approximate surface area is 75.5 Å². The van der Waals surface area contributed by atoms with E-state index in [0.29, 0.717) is 11.4 Å². The number of fused-ring (bicyclic) bond motifs is 1. The maximum absolute atomic E-state index is 11.4. The van der Waals surface area contributed by atoms with E-state index in [0.717, 1.165) is 0 Å². The summed E-state index contributed by atoms with van der Waals surface area (Å²) in [5.41, 5.74) is 0.962. The highest BCUT2D eigenvalue weighted by atomic mass is 32.2. The predicted octanol–water partition coefficient (Wildman–Crippen LogP) is 0.0476. The van der Waals surface area contributed by atoms with Gasteiger partial charge in [0.2, 0.25) is 0 Å². The van der Waals surface area contributed by atoms with Crippen LogP contribution in [0.3, 0.4) is 0 Å². The van der Waals surface area contributed by atoms with Crippen molar-refractivity contribution in [2.75, 3.05) is 0 Å². The molecule has 0 saturated heterocycles. The van der Waals surface area contributed by atoms with Crippen LogP contribution in [0.1, 0.15) is 11.4 Å². The smallest absolute Gasteiger partial charge is 0.263 e. The van der Waals surface area contributed by atoms with Crippen LogP contribution in [0.15, 0.2) is 17.2 Å². The van der Waals surface area contributed by atoms with Crippen molar-refractivity contribution in [3.05, 3.63) is 23.7 Å². The van der Waals surface area contributed by atoms with Crippen LogP contribution in [0.4, 0.5) is 0 Å². The van der Waals surface area contributed by atoms with Gasteiger partial charge in [-0.1, -0.05) is 0 Å². The van der Waals surface area contributed by atoms with E-state index < -0.39 is 10.0 Å². The Kier molecular flexibility index (Phi) is 1.59. The Morgan fingerprint density at radius 1 is 1.38 bits per heavy atom. The average molecular weight is 197 g/mol. The van der Waals surface area contributed by atoms with Crippen molar-refractivity contribution in [2.24, 2.45) is 0 Å². The number of rotatable bonds is 0. The first-order chi connectivity index (χ1) is 6.09. The molecule has 13 heavy (non-hydrogen) atoms. The summed E-state index contributed by atoms with van der Waals surface area (Å²) < 4.78 is 25.1. The van der Waals surface area contributed by atoms with Crippen molar-refractivity contribution in [1.29, 1.82) is 0 Å². The van der Waals surface area contributed by atoms with Crippen LogP contribution in [0.5, 0.6) is 0 Å². The first-order valence-corrected chi connectivity index (χ1v) is 5.11. The fourth-order valence-corrected chi connectivity index (χ4v) is 2.16. The summed E-state index contributed by atoms with van der Waals surface area (Å²) in [4.78, 5) is 0.183. The molecule has 0 amide bonds. The highest BCUT2D eigenvalue weighted by Crippen LogP contribution is 2.17. The van der Waals surface area contributed by atoms with Crippen LogP contribution in [-0.4, -0.2) is 18.6 Å². The number of nitrogens with zero attached hydrogens (tertiary/aromatic N) is 2.